The zero-order valence-electron chi connectivity index (χ0n) is 15.4. The molecule has 0 amide bonds. The van der Waals surface area contributed by atoms with E-state index in [-0.39, 0.29) is 35.8 Å². The Hall–Kier alpha value is 0.0143. The van der Waals surface area contributed by atoms with Gasteiger partial charge in [0.25, 0.3) is 0 Å². The van der Waals surface area contributed by atoms with Crippen LogP contribution in [0.15, 0.2) is 45.6 Å². The van der Waals surface area contributed by atoms with Gasteiger partial charge in [0, 0.05) is 0 Å². The molecule has 24 heavy (non-hydrogen) atoms. The third kappa shape index (κ3) is 5.78. The van der Waals surface area contributed by atoms with E-state index in [9.17, 15) is 0 Å². The number of rotatable bonds is 3. The van der Waals surface area contributed by atoms with E-state index >= 15 is 0 Å². The smallest absolute Gasteiger partial charge is 1.00 e. The summed E-state index contributed by atoms with van der Waals surface area (Å²) in [5, 5.41) is 0. The van der Waals surface area contributed by atoms with Crippen molar-refractivity contribution in [3.63, 3.8) is 0 Å². The molecular formula is C19H27Cl2O2Ti. The molecule has 0 spiro atoms. The molecule has 2 nitrogen and oxygen atoms in total. The molecule has 0 N–H and O–H groups in total. The predicted octanol–water partition coefficient (Wildman–Crippen LogP) is -0.827. The van der Waals surface area contributed by atoms with E-state index < -0.39 is 5.79 Å². The molecular weight excluding hydrogens is 379 g/mol. The summed E-state index contributed by atoms with van der Waals surface area (Å²) in [6.45, 7) is 12.9. The summed E-state index contributed by atoms with van der Waals surface area (Å²) < 4.78 is 14.3. The van der Waals surface area contributed by atoms with Gasteiger partial charge in [-0.3, -0.25) is 0 Å². The molecule has 2 aliphatic carbocycles. The molecule has 1 unspecified atom stereocenters. The van der Waals surface area contributed by atoms with E-state index in [1.54, 1.807) is 0 Å². The van der Waals surface area contributed by atoms with Gasteiger partial charge in [-0.05, 0) is 0 Å². The van der Waals surface area contributed by atoms with Crippen molar-refractivity contribution in [3.8, 4) is 0 Å². The third-order valence-electron chi connectivity index (χ3n) is 3.64. The number of hydrogen-bond donors (Lipinski definition) is 0. The van der Waals surface area contributed by atoms with Crippen LogP contribution in [0.4, 0.5) is 0 Å². The molecule has 0 bridgehead atoms. The molecule has 0 radical (unpaired) electrons. The molecule has 0 aromatic carbocycles. The van der Waals surface area contributed by atoms with Gasteiger partial charge >= 0.3 is 147 Å². The molecule has 2 aliphatic rings. The zero-order chi connectivity index (χ0) is 16.6. The SMILES string of the molecule is CC(C)(C)OC1(OC2=[C]([Ti+2])CC=C2)CC=CC=C1C(C)(C)C.[Cl-].[Cl-]. The van der Waals surface area contributed by atoms with E-state index in [0.717, 1.165) is 18.6 Å². The maximum Gasteiger partial charge on any atom is -1.00 e. The van der Waals surface area contributed by atoms with Crippen molar-refractivity contribution in [2.45, 2.75) is 65.8 Å². The second-order valence-electron chi connectivity index (χ2n) is 7.98. The number of allylic oxidation sites excluding steroid dienone is 5. The first kappa shape index (κ1) is 24.0. The van der Waals surface area contributed by atoms with Gasteiger partial charge in [-0.25, -0.2) is 0 Å². The molecule has 0 saturated carbocycles. The van der Waals surface area contributed by atoms with Crippen molar-refractivity contribution in [2.24, 2.45) is 5.41 Å². The number of hydrogen-bond acceptors (Lipinski definition) is 2. The summed E-state index contributed by atoms with van der Waals surface area (Å²) >= 11 is 2.12. The first-order valence-corrected chi connectivity index (χ1v) is 8.70. The van der Waals surface area contributed by atoms with Gasteiger partial charge in [-0.2, -0.15) is 0 Å². The molecule has 0 aromatic rings. The van der Waals surface area contributed by atoms with Crippen LogP contribution in [0.25, 0.3) is 0 Å². The molecule has 133 valence electrons. The van der Waals surface area contributed by atoms with Crippen molar-refractivity contribution in [1.29, 1.82) is 0 Å². The van der Waals surface area contributed by atoms with Gasteiger partial charge in [0.05, 0.1) is 0 Å². The Morgan fingerprint density at radius 1 is 1.04 bits per heavy atom. The first-order valence-electron chi connectivity index (χ1n) is 7.92. The van der Waals surface area contributed by atoms with Crippen LogP contribution in [-0.2, 0) is 29.9 Å². The summed E-state index contributed by atoms with van der Waals surface area (Å²) in [6, 6.07) is 0. The van der Waals surface area contributed by atoms with Gasteiger partial charge in [-0.1, -0.05) is 0 Å². The Labute approximate surface area is 171 Å². The van der Waals surface area contributed by atoms with Gasteiger partial charge in [0.2, 0.25) is 0 Å². The van der Waals surface area contributed by atoms with Gasteiger partial charge < -0.3 is 24.8 Å². The minimum Gasteiger partial charge on any atom is -1.00 e. The van der Waals surface area contributed by atoms with Crippen LogP contribution in [-0.4, -0.2) is 11.4 Å². The fraction of sp³-hybridized carbons (Fsp3) is 0.579. The normalized spacial score (nSPS) is 23.6. The average molecular weight is 406 g/mol. The Bertz CT molecular complexity index is 563. The minimum absolute atomic E-state index is 0. The molecule has 0 fully saturated rings. The molecule has 0 aromatic heterocycles. The minimum atomic E-state index is -0.726. The Morgan fingerprint density at radius 2 is 1.67 bits per heavy atom. The Balaban J connectivity index is 0.00000264. The zero-order valence-corrected chi connectivity index (χ0v) is 18.4. The number of ether oxygens (including phenoxy) is 2. The molecule has 0 heterocycles. The van der Waals surface area contributed by atoms with Crippen LogP contribution in [0.5, 0.6) is 0 Å². The van der Waals surface area contributed by atoms with Gasteiger partial charge in [-0.15, -0.1) is 0 Å². The third-order valence-corrected chi connectivity index (χ3v) is 4.34. The second-order valence-corrected chi connectivity index (χ2v) is 8.92. The summed E-state index contributed by atoms with van der Waals surface area (Å²) in [5.41, 5.74) is 0.886. The summed E-state index contributed by atoms with van der Waals surface area (Å²) in [4.78, 5) is 0. The number of halogens is 2. The van der Waals surface area contributed by atoms with E-state index in [0.29, 0.717) is 0 Å². The predicted molar refractivity (Wildman–Crippen MR) is 86.7 cm³/mol. The van der Waals surface area contributed by atoms with Crippen molar-refractivity contribution in [1.82, 2.24) is 0 Å². The second kappa shape index (κ2) is 8.60. The summed E-state index contributed by atoms with van der Waals surface area (Å²) in [5.74, 6) is 0.228. The van der Waals surface area contributed by atoms with Crippen LogP contribution in [0, 0.1) is 5.41 Å². The Kier molecular flexibility index (Phi) is 8.60. The van der Waals surface area contributed by atoms with Crippen molar-refractivity contribution in [3.05, 3.63) is 45.6 Å². The Morgan fingerprint density at radius 3 is 2.12 bits per heavy atom. The quantitative estimate of drug-likeness (QED) is 0.451. The van der Waals surface area contributed by atoms with Crippen LogP contribution in [0.3, 0.4) is 0 Å². The van der Waals surface area contributed by atoms with Crippen LogP contribution < -0.4 is 24.8 Å². The van der Waals surface area contributed by atoms with Crippen LogP contribution in [0.1, 0.15) is 54.4 Å². The van der Waals surface area contributed by atoms with Crippen LogP contribution >= 0.6 is 0 Å². The maximum absolute atomic E-state index is 6.52. The topological polar surface area (TPSA) is 18.5 Å². The fourth-order valence-electron chi connectivity index (χ4n) is 2.91. The fourth-order valence-corrected chi connectivity index (χ4v) is 3.31. The standard InChI is InChI=1S/C19H27O2.2ClH.Ti/c1-17(2,3)16-13-9-10-14-19(16,21-18(4,5)6)20-15-11-7-8-12-15;;;/h7,9-11,13H,8,14H2,1-6H3;2*1H;/q;;;+2/p-2. The first-order chi connectivity index (χ1) is 10.0. The maximum atomic E-state index is 6.52. The van der Waals surface area contributed by atoms with Crippen molar-refractivity contribution >= 4 is 0 Å². The van der Waals surface area contributed by atoms with E-state index in [1.165, 1.54) is 9.45 Å². The largest absolute Gasteiger partial charge is 1.00 e. The van der Waals surface area contributed by atoms with Crippen LogP contribution in [0.2, 0.25) is 0 Å². The molecule has 1 atom stereocenters. The van der Waals surface area contributed by atoms with Gasteiger partial charge in [0.1, 0.15) is 0 Å². The monoisotopic (exact) mass is 405 g/mol. The summed E-state index contributed by atoms with van der Waals surface area (Å²) in [6.07, 6.45) is 12.3. The van der Waals surface area contributed by atoms with Crippen molar-refractivity contribution in [2.75, 3.05) is 0 Å². The average Bonchev–Trinajstić information content (AvgIpc) is 2.71. The molecule has 5 heteroatoms. The summed E-state index contributed by atoms with van der Waals surface area (Å²) in [7, 11) is 0. The molecule has 0 aliphatic heterocycles. The molecule has 0 saturated heterocycles. The molecule has 2 rings (SSSR count). The van der Waals surface area contributed by atoms with Gasteiger partial charge in [0.15, 0.2) is 0 Å². The van der Waals surface area contributed by atoms with Crippen molar-refractivity contribution < 1.29 is 54.7 Å². The van der Waals surface area contributed by atoms with E-state index in [2.05, 4.69) is 92.4 Å². The van der Waals surface area contributed by atoms with E-state index in [4.69, 9.17) is 9.47 Å². The van der Waals surface area contributed by atoms with E-state index in [1.807, 2.05) is 0 Å².